The summed E-state index contributed by atoms with van der Waals surface area (Å²) in [5, 5.41) is 31.2. The van der Waals surface area contributed by atoms with Crippen LogP contribution in [0.3, 0.4) is 0 Å². The van der Waals surface area contributed by atoms with Crippen molar-refractivity contribution < 1.29 is 248 Å². The van der Waals surface area contributed by atoms with E-state index in [1.54, 1.807) is 113 Å². The number of para-hydroxylation sites is 4. The first-order chi connectivity index (χ1) is 57.9. The molecule has 696 valence electrons. The van der Waals surface area contributed by atoms with Crippen LogP contribution in [0.15, 0.2) is 152 Å². The van der Waals surface area contributed by atoms with Crippen LogP contribution in [-0.4, -0.2) is 172 Å². The van der Waals surface area contributed by atoms with Gasteiger partial charge in [0, 0.05) is 99.9 Å². The summed E-state index contributed by atoms with van der Waals surface area (Å²) in [5.74, 6) is -9.93. The van der Waals surface area contributed by atoms with Crippen molar-refractivity contribution in [1.29, 1.82) is 0 Å². The number of hydrogen-bond donors (Lipinski definition) is 5. The maximum Gasteiger partial charge on any atom is 1.00 e. The van der Waals surface area contributed by atoms with E-state index in [1.807, 2.05) is 34.6 Å². The van der Waals surface area contributed by atoms with Crippen molar-refractivity contribution in [1.82, 2.24) is 44.7 Å². The number of Topliss-reactive ketones (excluding diaryl/α,β-unsaturated/α-hetero) is 4. The molecule has 0 unspecified atom stereocenters. The number of aromatic nitrogens is 5. The zero-order chi connectivity index (χ0) is 95.0. The number of amides is 3. The molecular formula is C84H92BrCl2F14K2N9O17. The van der Waals surface area contributed by atoms with Gasteiger partial charge in [-0.3, -0.25) is 62.2 Å². The third-order valence-electron chi connectivity index (χ3n) is 15.6. The molecule has 0 atom stereocenters. The number of rotatable bonds is 22. The summed E-state index contributed by atoms with van der Waals surface area (Å²) in [6, 6.07) is 34.8. The Balaban J connectivity index is -0.00000149. The minimum absolute atomic E-state index is 0. The minimum Gasteiger partial charge on any atom is -1.00 e. The number of esters is 2. The molecule has 0 bridgehead atoms. The van der Waals surface area contributed by atoms with Crippen molar-refractivity contribution in [3.63, 3.8) is 0 Å². The molecule has 26 nitrogen and oxygen atoms in total. The Morgan fingerprint density at radius 1 is 0.566 bits per heavy atom. The number of ketones is 4. The Kier molecular flexibility index (Phi) is 53.4. The molecule has 10 rings (SSSR count). The van der Waals surface area contributed by atoms with E-state index in [9.17, 15) is 109 Å². The number of aldehydes is 1. The molecule has 0 spiro atoms. The van der Waals surface area contributed by atoms with Crippen LogP contribution in [-0.2, 0) is 85.4 Å². The summed E-state index contributed by atoms with van der Waals surface area (Å²) in [6.45, 7) is 18.5. The first kappa shape index (κ1) is 122. The Hall–Kier alpha value is -8.68. The van der Waals surface area contributed by atoms with Gasteiger partial charge in [0.05, 0.1) is 45.3 Å². The Morgan fingerprint density at radius 2 is 0.953 bits per heavy atom. The Labute approximate surface area is 835 Å². The average Bonchev–Trinajstić information content (AvgIpc) is 1.64. The zero-order valence-electron chi connectivity index (χ0n) is 71.0. The van der Waals surface area contributed by atoms with E-state index in [1.165, 1.54) is 75.7 Å². The van der Waals surface area contributed by atoms with Gasteiger partial charge in [0.25, 0.3) is 23.8 Å². The summed E-state index contributed by atoms with van der Waals surface area (Å²) >= 11 is 14.4. The van der Waals surface area contributed by atoms with Gasteiger partial charge in [-0.2, -0.15) is 57.8 Å². The molecule has 0 fully saturated rings. The fourth-order valence-corrected chi connectivity index (χ4v) is 11.0. The number of aromatic amines is 1. The predicted octanol–water partition coefficient (Wildman–Crippen LogP) is 11.1. The normalized spacial score (nSPS) is 10.9. The van der Waals surface area contributed by atoms with Gasteiger partial charge in [0.2, 0.25) is 24.0 Å². The number of nitrogens with one attached hydrogen (secondary N) is 4. The second kappa shape index (κ2) is 56.3. The van der Waals surface area contributed by atoms with Gasteiger partial charge < -0.3 is 61.1 Å². The van der Waals surface area contributed by atoms with Crippen molar-refractivity contribution in [3.05, 3.63) is 207 Å². The molecule has 45 heteroatoms. The average molecular weight is 1990 g/mol. The SMILES string of the molecule is C.C.CC(=O)c1nn(CC(=O)N(CC(=O)NCc2cccc(Cl)c2F)C(C)C)c2ccccc12.CC(C)(C)OC(=O)CBr.CC(C)(C)OC(=O)Cn1cc(C(=O)C(F)(F)F)c2ccccc21.CC(C)NCC(=O)NCc1cccc(Cl)c1F.O=C(O)Cn1cc(C(=O)C(F)(F)F)c2ccccc21.O=C(c1c[nH]c2ccccc12)C(F)(F)F.O=CC(F)(F)F.O=CO[O-].[H-].[K+].[K+]. The largest absolute Gasteiger partial charge is 1.00 e. The third-order valence-corrected chi connectivity index (χ3v) is 16.7. The Morgan fingerprint density at radius 3 is 1.33 bits per heavy atom. The van der Waals surface area contributed by atoms with E-state index >= 15 is 0 Å². The quantitative estimate of drug-likeness (QED) is 0.00615. The van der Waals surface area contributed by atoms with Gasteiger partial charge in [0.15, 0.2) is 5.78 Å². The molecule has 0 aliphatic heterocycles. The van der Waals surface area contributed by atoms with Gasteiger partial charge in [-0.1, -0.05) is 165 Å². The molecule has 6 aromatic carbocycles. The number of fused-ring (bicyclic) bond motifs is 4. The number of halogens is 17. The number of H-pyrrole nitrogens is 1. The van der Waals surface area contributed by atoms with Crippen molar-refractivity contribution in [2.45, 2.75) is 172 Å². The maximum absolute atomic E-state index is 14.0. The molecule has 129 heavy (non-hydrogen) atoms. The second-order valence-corrected chi connectivity index (χ2v) is 29.7. The van der Waals surface area contributed by atoms with E-state index in [-0.39, 0.29) is 249 Å². The van der Waals surface area contributed by atoms with Crippen LogP contribution in [0.5, 0.6) is 0 Å². The van der Waals surface area contributed by atoms with Crippen LogP contribution in [0.4, 0.5) is 61.5 Å². The van der Waals surface area contributed by atoms with Gasteiger partial charge in [0.1, 0.15) is 53.5 Å². The first-order valence-corrected chi connectivity index (χ1v) is 38.2. The smallest absolute Gasteiger partial charge is 1.00 e. The summed E-state index contributed by atoms with van der Waals surface area (Å²) in [7, 11) is 0. The molecular weight excluding hydrogens is 1900 g/mol. The molecule has 3 amide bonds. The van der Waals surface area contributed by atoms with Crippen LogP contribution in [0, 0.1) is 11.6 Å². The summed E-state index contributed by atoms with van der Waals surface area (Å²) in [5.41, 5.74) is 0.354. The molecule has 0 aliphatic carbocycles. The minimum atomic E-state index is -4.99. The van der Waals surface area contributed by atoms with Gasteiger partial charge in [-0.25, -0.2) is 8.78 Å². The van der Waals surface area contributed by atoms with Crippen LogP contribution >= 0.6 is 39.1 Å². The van der Waals surface area contributed by atoms with Crippen LogP contribution < -0.4 is 124 Å². The molecule has 10 aromatic rings. The zero-order valence-corrected chi connectivity index (χ0v) is 79.4. The summed E-state index contributed by atoms with van der Waals surface area (Å²) in [6.07, 6.45) is -17.4. The summed E-state index contributed by atoms with van der Waals surface area (Å²) < 4.78 is 185. The molecule has 0 saturated carbocycles. The number of carbonyl (C=O) groups is 12. The summed E-state index contributed by atoms with van der Waals surface area (Å²) in [4.78, 5) is 140. The number of nitrogens with zero attached hydrogens (tertiary/aromatic N) is 5. The van der Waals surface area contributed by atoms with E-state index in [2.05, 4.69) is 46.9 Å². The van der Waals surface area contributed by atoms with E-state index in [0.717, 1.165) is 23.2 Å². The first-order valence-electron chi connectivity index (χ1n) is 36.3. The van der Waals surface area contributed by atoms with Gasteiger partial charge in [-0.05, 0) is 91.8 Å². The second-order valence-electron chi connectivity index (χ2n) is 28.4. The number of alkyl halides is 13. The number of carboxylic acid groups (broad SMARTS) is 1. The number of ether oxygens (including phenoxy) is 2. The molecule has 0 saturated heterocycles. The van der Waals surface area contributed by atoms with Crippen molar-refractivity contribution in [3.8, 4) is 0 Å². The van der Waals surface area contributed by atoms with E-state index in [0.29, 0.717) is 38.6 Å². The van der Waals surface area contributed by atoms with Crippen molar-refractivity contribution in [2.75, 3.05) is 18.4 Å². The van der Waals surface area contributed by atoms with Crippen LogP contribution in [0.2, 0.25) is 10.0 Å². The van der Waals surface area contributed by atoms with Crippen LogP contribution in [0.25, 0.3) is 43.6 Å². The molecule has 4 heterocycles. The van der Waals surface area contributed by atoms with E-state index in [4.69, 9.17) is 52.6 Å². The standard InChI is InChI=1S/C23H24ClFN4O3.C16H16F3NO3.C12H16ClFN2O.C12H8F3NO3.C10H6F3NO.C6H11BrO2.C2HF3O.CH2O3.2CH4.2K.H/c1-14(2)28(12-20(31)26-11-16-7-6-9-18(24)22(16)25)21(32)13-29-19-10-5-4-8-17(19)23(27-29)15(3)30;1-15(2,3)23-13(21)9-20-8-11(14(22)16(17,18)19)10-6-4-5-7-12(10)20;1-8(2)15-7-11(17)16-6-9-4-3-5-10(13)12(9)14;13-12(14,15)11(19)8-5-16(6-10(17)18)9-4-2-1-3-7(8)9;11-10(12,13)9(15)7-5-14-8-4-2-1-3-6(7)8;1-6(2,3)9-5(8)4-7;3-2(4,5)1-6;2-1-4-3;;;;;/h4-10,14H,11-13H2,1-3H3,(H,26,31);4-8H,9H2,1-3H3;3-5,8,15H,6-7H2,1-2H3,(H,16,17);1-5H,6H2,(H,17,18);1-5,14H;4H2,1-3H3;1H;1,3H;2*1H4;;;/q;;;;;;;;;;2*+1;-1/p-1. The van der Waals surface area contributed by atoms with E-state index < -0.39 is 101 Å². The van der Waals surface area contributed by atoms with Gasteiger partial charge >= 0.3 is 145 Å². The molecule has 5 N–H and O–H groups in total. The number of carboxylic acids is 1. The Bertz CT molecular complexity index is 5420. The maximum atomic E-state index is 14.0. The number of hydrogen-bond acceptors (Lipinski definition) is 18. The molecule has 0 aliphatic rings. The van der Waals surface area contributed by atoms with Gasteiger partial charge in [-0.15, -0.1) is 0 Å². The number of carbonyl (C=O) groups excluding carboxylic acids is 11. The molecule has 0 radical (unpaired) electrons. The van der Waals surface area contributed by atoms with Crippen molar-refractivity contribution >= 4 is 154 Å². The fraction of sp³-hybridized carbons (Fsp3) is 0.345. The predicted molar refractivity (Wildman–Crippen MR) is 447 cm³/mol. The van der Waals surface area contributed by atoms with Crippen molar-refractivity contribution in [2.24, 2.45) is 0 Å². The third kappa shape index (κ3) is 42.2. The number of aliphatic carboxylic acids is 1. The monoisotopic (exact) mass is 1990 g/mol. The van der Waals surface area contributed by atoms with Crippen LogP contribution in [0.1, 0.15) is 145 Å². The number of benzene rings is 6. The molecule has 4 aromatic heterocycles. The fourth-order valence-electron chi connectivity index (χ4n) is 10.5. The topological polar surface area (TPSA) is 359 Å².